The fourth-order valence-electron chi connectivity index (χ4n) is 1.48. The van der Waals surface area contributed by atoms with E-state index in [9.17, 15) is 9.90 Å². The van der Waals surface area contributed by atoms with Gasteiger partial charge >= 0.3 is 0 Å². The Morgan fingerprint density at radius 2 is 2.11 bits per heavy atom. The summed E-state index contributed by atoms with van der Waals surface area (Å²) >= 11 is 0. The van der Waals surface area contributed by atoms with Crippen molar-refractivity contribution in [3.8, 4) is 5.75 Å². The van der Waals surface area contributed by atoms with Crippen molar-refractivity contribution in [2.75, 3.05) is 33.5 Å². The van der Waals surface area contributed by atoms with Crippen LogP contribution < -0.4 is 5.32 Å². The number of nitrogens with one attached hydrogen (secondary N) is 1. The van der Waals surface area contributed by atoms with Crippen LogP contribution in [0.5, 0.6) is 5.75 Å². The maximum atomic E-state index is 11.8. The third kappa shape index (κ3) is 4.73. The van der Waals surface area contributed by atoms with E-state index in [1.165, 1.54) is 6.07 Å². The zero-order valence-electron chi connectivity index (χ0n) is 10.7. The van der Waals surface area contributed by atoms with Crippen LogP contribution in [0.15, 0.2) is 18.2 Å². The molecule has 0 heterocycles. The standard InChI is InChI=1S/C13H19NO4/c1-10-9-11(15)3-4-12(10)13(16)14-5-6-18-8-7-17-2/h3-4,9,15H,5-8H2,1-2H3,(H,14,16). The quantitative estimate of drug-likeness (QED) is 0.714. The van der Waals surface area contributed by atoms with E-state index in [0.29, 0.717) is 31.9 Å². The van der Waals surface area contributed by atoms with E-state index >= 15 is 0 Å². The fourth-order valence-corrected chi connectivity index (χ4v) is 1.48. The SMILES string of the molecule is COCCOCCNC(=O)c1ccc(O)cc1C. The molecule has 0 spiro atoms. The lowest BCUT2D eigenvalue weighted by molar-refractivity contribution is 0.0692. The number of aryl methyl sites for hydroxylation is 1. The average Bonchev–Trinajstić information content (AvgIpc) is 2.33. The minimum Gasteiger partial charge on any atom is -0.508 e. The van der Waals surface area contributed by atoms with Crippen LogP contribution >= 0.6 is 0 Å². The number of rotatable bonds is 7. The number of hydrogen-bond donors (Lipinski definition) is 2. The summed E-state index contributed by atoms with van der Waals surface area (Å²) in [6.45, 7) is 3.74. The summed E-state index contributed by atoms with van der Waals surface area (Å²) in [5, 5.41) is 12.0. The molecule has 0 saturated heterocycles. The summed E-state index contributed by atoms with van der Waals surface area (Å²) in [5.74, 6) is -0.00482. The Hall–Kier alpha value is -1.59. The maximum Gasteiger partial charge on any atom is 0.251 e. The zero-order valence-corrected chi connectivity index (χ0v) is 10.7. The number of amides is 1. The molecule has 0 aromatic heterocycles. The molecule has 0 aliphatic heterocycles. The second kappa shape index (κ2) is 7.68. The molecule has 0 radical (unpaired) electrons. The highest BCUT2D eigenvalue weighted by atomic mass is 16.5. The number of methoxy groups -OCH3 is 1. The van der Waals surface area contributed by atoms with Gasteiger partial charge in [0.15, 0.2) is 0 Å². The van der Waals surface area contributed by atoms with Gasteiger partial charge in [-0.3, -0.25) is 4.79 Å². The van der Waals surface area contributed by atoms with Crippen molar-refractivity contribution in [1.29, 1.82) is 0 Å². The number of aromatic hydroxyl groups is 1. The Labute approximate surface area is 107 Å². The lowest BCUT2D eigenvalue weighted by Gasteiger charge is -2.08. The highest BCUT2D eigenvalue weighted by molar-refractivity contribution is 5.95. The van der Waals surface area contributed by atoms with Gasteiger partial charge in [0.25, 0.3) is 5.91 Å². The molecule has 18 heavy (non-hydrogen) atoms. The number of hydrogen-bond acceptors (Lipinski definition) is 4. The van der Waals surface area contributed by atoms with E-state index in [4.69, 9.17) is 9.47 Å². The van der Waals surface area contributed by atoms with Gasteiger partial charge in [0.1, 0.15) is 5.75 Å². The summed E-state index contributed by atoms with van der Waals surface area (Å²) in [5.41, 5.74) is 1.30. The minimum absolute atomic E-state index is 0.159. The van der Waals surface area contributed by atoms with Gasteiger partial charge in [-0.15, -0.1) is 0 Å². The summed E-state index contributed by atoms with van der Waals surface area (Å²) in [7, 11) is 1.61. The smallest absolute Gasteiger partial charge is 0.251 e. The van der Waals surface area contributed by atoms with Gasteiger partial charge < -0.3 is 19.9 Å². The average molecular weight is 253 g/mol. The molecule has 0 bridgehead atoms. The van der Waals surface area contributed by atoms with Gasteiger partial charge in [-0.05, 0) is 30.7 Å². The predicted molar refractivity (Wildman–Crippen MR) is 67.9 cm³/mol. The Morgan fingerprint density at radius 1 is 1.33 bits per heavy atom. The molecule has 1 amide bonds. The summed E-state index contributed by atoms with van der Waals surface area (Å²) in [6, 6.07) is 4.66. The summed E-state index contributed by atoms with van der Waals surface area (Å²) < 4.78 is 10.1. The molecule has 0 unspecified atom stereocenters. The van der Waals surface area contributed by atoms with Crippen molar-refractivity contribution in [3.63, 3.8) is 0 Å². The molecule has 0 saturated carbocycles. The first-order valence-corrected chi connectivity index (χ1v) is 5.79. The van der Waals surface area contributed by atoms with Crippen LogP contribution in [0.4, 0.5) is 0 Å². The van der Waals surface area contributed by atoms with Crippen LogP contribution in [0.3, 0.4) is 0 Å². The van der Waals surface area contributed by atoms with Gasteiger partial charge in [-0.2, -0.15) is 0 Å². The van der Waals surface area contributed by atoms with Crippen molar-refractivity contribution < 1.29 is 19.4 Å². The van der Waals surface area contributed by atoms with Crippen LogP contribution in [0.25, 0.3) is 0 Å². The van der Waals surface area contributed by atoms with Crippen LogP contribution in [0.1, 0.15) is 15.9 Å². The third-order valence-electron chi connectivity index (χ3n) is 2.42. The lowest BCUT2D eigenvalue weighted by Crippen LogP contribution is -2.28. The van der Waals surface area contributed by atoms with Crippen molar-refractivity contribution >= 4 is 5.91 Å². The normalized spacial score (nSPS) is 10.3. The van der Waals surface area contributed by atoms with E-state index in [0.717, 1.165) is 5.56 Å². The monoisotopic (exact) mass is 253 g/mol. The van der Waals surface area contributed by atoms with E-state index in [2.05, 4.69) is 5.32 Å². The largest absolute Gasteiger partial charge is 0.508 e. The van der Waals surface area contributed by atoms with Crippen LogP contribution in [-0.2, 0) is 9.47 Å². The minimum atomic E-state index is -0.164. The molecule has 0 aliphatic rings. The number of ether oxygens (including phenoxy) is 2. The molecular weight excluding hydrogens is 234 g/mol. The first-order chi connectivity index (χ1) is 8.65. The van der Waals surface area contributed by atoms with E-state index in [1.54, 1.807) is 26.2 Å². The van der Waals surface area contributed by atoms with Crippen molar-refractivity contribution in [1.82, 2.24) is 5.32 Å². The molecule has 0 atom stereocenters. The van der Waals surface area contributed by atoms with E-state index in [-0.39, 0.29) is 11.7 Å². The Kier molecular flexibility index (Phi) is 6.18. The van der Waals surface area contributed by atoms with Gasteiger partial charge in [0.2, 0.25) is 0 Å². The molecule has 5 nitrogen and oxygen atoms in total. The Balaban J connectivity index is 2.32. The van der Waals surface area contributed by atoms with Gasteiger partial charge in [0.05, 0.1) is 19.8 Å². The van der Waals surface area contributed by atoms with Crippen LogP contribution in [0, 0.1) is 6.92 Å². The number of phenols is 1. The maximum absolute atomic E-state index is 11.8. The molecule has 5 heteroatoms. The Morgan fingerprint density at radius 3 is 2.78 bits per heavy atom. The third-order valence-corrected chi connectivity index (χ3v) is 2.42. The molecule has 1 aromatic carbocycles. The number of phenolic OH excluding ortho intramolecular Hbond substituents is 1. The Bertz CT molecular complexity index is 393. The lowest BCUT2D eigenvalue weighted by atomic mass is 10.1. The van der Waals surface area contributed by atoms with Crippen molar-refractivity contribution in [3.05, 3.63) is 29.3 Å². The second-order valence-corrected chi connectivity index (χ2v) is 3.86. The van der Waals surface area contributed by atoms with Gasteiger partial charge in [0, 0.05) is 19.2 Å². The number of benzene rings is 1. The highest BCUT2D eigenvalue weighted by Crippen LogP contribution is 2.15. The highest BCUT2D eigenvalue weighted by Gasteiger charge is 2.08. The number of carbonyl (C=O) groups is 1. The van der Waals surface area contributed by atoms with Gasteiger partial charge in [-0.25, -0.2) is 0 Å². The van der Waals surface area contributed by atoms with E-state index < -0.39 is 0 Å². The number of carbonyl (C=O) groups excluding carboxylic acids is 1. The van der Waals surface area contributed by atoms with Crippen LogP contribution in [0.2, 0.25) is 0 Å². The summed E-state index contributed by atoms with van der Waals surface area (Å²) in [4.78, 5) is 11.8. The fraction of sp³-hybridized carbons (Fsp3) is 0.462. The van der Waals surface area contributed by atoms with Crippen LogP contribution in [-0.4, -0.2) is 44.5 Å². The molecule has 2 N–H and O–H groups in total. The zero-order chi connectivity index (χ0) is 13.4. The first-order valence-electron chi connectivity index (χ1n) is 5.79. The molecule has 100 valence electrons. The summed E-state index contributed by atoms with van der Waals surface area (Å²) in [6.07, 6.45) is 0. The predicted octanol–water partition coefficient (Wildman–Crippen LogP) is 1.09. The molecule has 0 fully saturated rings. The second-order valence-electron chi connectivity index (χ2n) is 3.86. The molecule has 0 aliphatic carbocycles. The van der Waals surface area contributed by atoms with Crippen molar-refractivity contribution in [2.45, 2.75) is 6.92 Å². The molecule has 1 aromatic rings. The first kappa shape index (κ1) is 14.5. The van der Waals surface area contributed by atoms with Gasteiger partial charge in [-0.1, -0.05) is 0 Å². The molecule has 1 rings (SSSR count). The topological polar surface area (TPSA) is 67.8 Å². The van der Waals surface area contributed by atoms with E-state index in [1.807, 2.05) is 0 Å². The molecular formula is C13H19NO4. The van der Waals surface area contributed by atoms with Crippen molar-refractivity contribution in [2.24, 2.45) is 0 Å².